The molecule has 2 fully saturated rings. The van der Waals surface area contributed by atoms with Gasteiger partial charge in [-0.1, -0.05) is 77.5 Å². The molecule has 2 heterocycles. The minimum atomic E-state index is -0.616. The maximum atomic E-state index is 9.45. The van der Waals surface area contributed by atoms with Crippen LogP contribution in [0.25, 0.3) is 10.4 Å². The lowest BCUT2D eigenvalue weighted by atomic mass is 9.97. The van der Waals surface area contributed by atoms with Crippen LogP contribution in [0.3, 0.4) is 0 Å². The van der Waals surface area contributed by atoms with Gasteiger partial charge in [0, 0.05) is 15.4 Å². The van der Waals surface area contributed by atoms with Gasteiger partial charge in [-0.15, -0.1) is 0 Å². The standard InChI is InChI=1S/C27H27N3O5S/c1-31-20-14-12-18(13-15-20)16-32-25-23(29-30-28)27(36-21-10-6-3-7-11-21)34-22-17-33-26(35-24(22)25)19-8-4-2-5-9-19/h2-15,22-27H,16-17H2,1H3/t22?,23?,24-,25-,26?,27+/m1/s1. The Balaban J connectivity index is 1.41. The van der Waals surface area contributed by atoms with Gasteiger partial charge in [0.05, 0.1) is 26.4 Å². The van der Waals surface area contributed by atoms with Crippen molar-refractivity contribution in [3.05, 3.63) is 106 Å². The average molecular weight is 506 g/mol. The fourth-order valence-corrected chi connectivity index (χ4v) is 5.49. The third kappa shape index (κ3) is 5.68. The first-order valence-corrected chi connectivity index (χ1v) is 12.6. The Bertz CT molecular complexity index is 1160. The quantitative estimate of drug-likeness (QED) is 0.215. The van der Waals surface area contributed by atoms with E-state index in [0.29, 0.717) is 13.2 Å². The summed E-state index contributed by atoms with van der Waals surface area (Å²) >= 11 is 1.50. The summed E-state index contributed by atoms with van der Waals surface area (Å²) in [6.45, 7) is 0.653. The van der Waals surface area contributed by atoms with Crippen molar-refractivity contribution in [1.82, 2.24) is 0 Å². The lowest BCUT2D eigenvalue weighted by Crippen LogP contribution is -2.61. The number of hydrogen-bond donors (Lipinski definition) is 0. The first-order valence-electron chi connectivity index (χ1n) is 11.7. The highest BCUT2D eigenvalue weighted by Gasteiger charge is 2.50. The number of rotatable bonds is 8. The summed E-state index contributed by atoms with van der Waals surface area (Å²) < 4.78 is 30.6. The minimum absolute atomic E-state index is 0.318. The summed E-state index contributed by atoms with van der Waals surface area (Å²) in [6, 6.07) is 26.7. The smallest absolute Gasteiger partial charge is 0.184 e. The molecule has 36 heavy (non-hydrogen) atoms. The van der Waals surface area contributed by atoms with Crippen LogP contribution in [0.5, 0.6) is 5.75 Å². The van der Waals surface area contributed by atoms with Crippen LogP contribution in [0, 0.1) is 0 Å². The van der Waals surface area contributed by atoms with Crippen LogP contribution in [0.15, 0.2) is 94.9 Å². The second kappa shape index (κ2) is 11.8. The molecule has 0 saturated carbocycles. The van der Waals surface area contributed by atoms with Crippen molar-refractivity contribution in [2.75, 3.05) is 13.7 Å². The Hall–Kier alpha value is -3.04. The summed E-state index contributed by atoms with van der Waals surface area (Å²) in [6.07, 6.45) is -1.96. The molecule has 0 aromatic heterocycles. The third-order valence-corrected chi connectivity index (χ3v) is 7.33. The largest absolute Gasteiger partial charge is 0.497 e. The molecule has 0 bridgehead atoms. The lowest BCUT2D eigenvalue weighted by molar-refractivity contribution is -0.311. The van der Waals surface area contributed by atoms with Gasteiger partial charge in [-0.05, 0) is 35.4 Å². The highest BCUT2D eigenvalue weighted by atomic mass is 32.2. The van der Waals surface area contributed by atoms with E-state index in [1.165, 1.54) is 11.8 Å². The van der Waals surface area contributed by atoms with Crippen LogP contribution in [-0.4, -0.2) is 43.5 Å². The van der Waals surface area contributed by atoms with Gasteiger partial charge in [0.15, 0.2) is 6.29 Å². The summed E-state index contributed by atoms with van der Waals surface area (Å²) in [5.41, 5.74) is 10.9. The van der Waals surface area contributed by atoms with Crippen LogP contribution in [0.4, 0.5) is 0 Å². The predicted molar refractivity (Wildman–Crippen MR) is 135 cm³/mol. The molecule has 5 rings (SSSR count). The van der Waals surface area contributed by atoms with Crippen LogP contribution < -0.4 is 4.74 Å². The highest BCUT2D eigenvalue weighted by molar-refractivity contribution is 7.99. The van der Waals surface area contributed by atoms with Crippen LogP contribution in [0.1, 0.15) is 17.4 Å². The van der Waals surface area contributed by atoms with E-state index in [-0.39, 0.29) is 6.10 Å². The van der Waals surface area contributed by atoms with Gasteiger partial charge in [0.1, 0.15) is 29.4 Å². The molecule has 186 valence electrons. The van der Waals surface area contributed by atoms with E-state index in [9.17, 15) is 5.53 Å². The second-order valence-corrected chi connectivity index (χ2v) is 9.64. The minimum Gasteiger partial charge on any atom is -0.497 e. The van der Waals surface area contributed by atoms with Gasteiger partial charge >= 0.3 is 0 Å². The maximum absolute atomic E-state index is 9.45. The summed E-state index contributed by atoms with van der Waals surface area (Å²) in [7, 11) is 1.63. The molecule has 3 aromatic carbocycles. The molecule has 9 heteroatoms. The van der Waals surface area contributed by atoms with E-state index in [1.54, 1.807) is 7.11 Å². The molecule has 3 unspecified atom stereocenters. The first kappa shape index (κ1) is 24.6. The van der Waals surface area contributed by atoms with Gasteiger partial charge in [0.25, 0.3) is 0 Å². The average Bonchev–Trinajstić information content (AvgIpc) is 2.94. The van der Waals surface area contributed by atoms with Crippen molar-refractivity contribution in [3.8, 4) is 5.75 Å². The van der Waals surface area contributed by atoms with E-state index in [0.717, 1.165) is 21.8 Å². The van der Waals surface area contributed by atoms with Crippen molar-refractivity contribution < 1.29 is 23.7 Å². The van der Waals surface area contributed by atoms with E-state index < -0.39 is 30.0 Å². The molecule has 2 aliphatic heterocycles. The Morgan fingerprint density at radius 3 is 2.39 bits per heavy atom. The van der Waals surface area contributed by atoms with E-state index in [2.05, 4.69) is 10.0 Å². The zero-order chi connectivity index (χ0) is 24.7. The second-order valence-electron chi connectivity index (χ2n) is 8.47. The topological polar surface area (TPSA) is 94.9 Å². The Morgan fingerprint density at radius 2 is 1.69 bits per heavy atom. The normalized spacial score (nSPS) is 27.5. The SMILES string of the molecule is COc1ccc(CO[C@@H]2C(N=[N+]=[N-])[C@H](Sc3ccccc3)OC3COC(c4ccccc4)O[C@H]32)cc1. The number of azide groups is 1. The number of fused-ring (bicyclic) bond motifs is 1. The van der Waals surface area contributed by atoms with Crippen LogP contribution in [0.2, 0.25) is 0 Å². The number of methoxy groups -OCH3 is 1. The molecule has 2 aliphatic rings. The monoisotopic (exact) mass is 505 g/mol. The molecule has 0 N–H and O–H groups in total. The third-order valence-electron chi connectivity index (χ3n) is 6.16. The molecule has 0 aliphatic carbocycles. The first-order chi connectivity index (χ1) is 17.7. The van der Waals surface area contributed by atoms with Gasteiger partial charge in [-0.25, -0.2) is 0 Å². The van der Waals surface area contributed by atoms with Crippen LogP contribution in [-0.2, 0) is 25.6 Å². The fourth-order valence-electron chi connectivity index (χ4n) is 4.36. The van der Waals surface area contributed by atoms with Gasteiger partial charge < -0.3 is 23.7 Å². The van der Waals surface area contributed by atoms with E-state index >= 15 is 0 Å². The Labute approximate surface area is 214 Å². The van der Waals surface area contributed by atoms with E-state index in [1.807, 2.05) is 84.9 Å². The zero-order valence-electron chi connectivity index (χ0n) is 19.8. The summed E-state index contributed by atoms with van der Waals surface area (Å²) in [5.74, 6) is 0.773. The van der Waals surface area contributed by atoms with Crippen molar-refractivity contribution in [3.63, 3.8) is 0 Å². The number of benzene rings is 3. The Morgan fingerprint density at radius 1 is 0.972 bits per heavy atom. The van der Waals surface area contributed by atoms with Gasteiger partial charge in [0.2, 0.25) is 0 Å². The van der Waals surface area contributed by atoms with Crippen molar-refractivity contribution in [2.45, 2.75) is 47.6 Å². The molecular formula is C27H27N3O5S. The summed E-state index contributed by atoms with van der Waals surface area (Å²) in [4.78, 5) is 4.15. The zero-order valence-corrected chi connectivity index (χ0v) is 20.6. The fraction of sp³-hybridized carbons (Fsp3) is 0.333. The van der Waals surface area contributed by atoms with Crippen molar-refractivity contribution in [1.29, 1.82) is 0 Å². The molecular weight excluding hydrogens is 478 g/mol. The number of hydrogen-bond acceptors (Lipinski definition) is 7. The molecule has 0 radical (unpaired) electrons. The van der Waals surface area contributed by atoms with E-state index in [4.69, 9.17) is 23.7 Å². The number of ether oxygens (including phenoxy) is 5. The lowest BCUT2D eigenvalue weighted by Gasteiger charge is -2.48. The number of thioether (sulfide) groups is 1. The maximum Gasteiger partial charge on any atom is 0.184 e. The molecule has 8 nitrogen and oxygen atoms in total. The predicted octanol–water partition coefficient (Wildman–Crippen LogP) is 5.89. The van der Waals surface area contributed by atoms with Crippen molar-refractivity contribution in [2.24, 2.45) is 5.11 Å². The Kier molecular flexibility index (Phi) is 8.08. The highest BCUT2D eigenvalue weighted by Crippen LogP contribution is 2.41. The molecule has 6 atom stereocenters. The molecule has 2 saturated heterocycles. The molecule has 0 amide bonds. The van der Waals surface area contributed by atoms with Crippen molar-refractivity contribution >= 4 is 11.8 Å². The van der Waals surface area contributed by atoms with Crippen LogP contribution >= 0.6 is 11.8 Å². The molecule has 0 spiro atoms. The van der Waals surface area contributed by atoms with Gasteiger partial charge in [-0.3, -0.25) is 0 Å². The number of nitrogens with zero attached hydrogens (tertiary/aromatic N) is 3. The van der Waals surface area contributed by atoms with Gasteiger partial charge in [-0.2, -0.15) is 0 Å². The molecule has 3 aromatic rings. The summed E-state index contributed by atoms with van der Waals surface area (Å²) in [5, 5.41) is 4.14.